The van der Waals surface area contributed by atoms with Gasteiger partial charge in [0.15, 0.2) is 0 Å². The zero-order chi connectivity index (χ0) is 20.8. The highest BCUT2D eigenvalue weighted by molar-refractivity contribution is 6.08. The Morgan fingerprint density at radius 3 is 0.633 bits per heavy atom. The molecule has 0 fully saturated rings. The molecule has 0 aromatic rings. The van der Waals surface area contributed by atoms with E-state index in [0.717, 1.165) is 0 Å². The van der Waals surface area contributed by atoms with E-state index >= 15 is 0 Å². The predicted molar refractivity (Wildman–Crippen MR) is 166 cm³/mol. The maximum absolute atomic E-state index is 2.27. The van der Waals surface area contributed by atoms with Crippen LogP contribution in [0, 0.1) is 0 Å². The normalized spacial score (nSPS) is 9.30. The lowest BCUT2D eigenvalue weighted by molar-refractivity contribution is 0.624. The van der Waals surface area contributed by atoms with Gasteiger partial charge in [-0.2, -0.15) is 0 Å². The van der Waals surface area contributed by atoms with Crippen LogP contribution in [-0.4, -0.2) is 30.7 Å². The molecule has 0 saturated heterocycles. The first kappa shape index (κ1) is 45.1. The van der Waals surface area contributed by atoms with Crippen LogP contribution in [0.15, 0.2) is 0 Å². The molecule has 0 spiro atoms. The van der Waals surface area contributed by atoms with E-state index in [0.29, 0.717) is 0 Å². The van der Waals surface area contributed by atoms with Gasteiger partial charge in [0, 0.05) is 30.7 Å². The van der Waals surface area contributed by atoms with E-state index in [1.54, 1.807) is 0 Å². The van der Waals surface area contributed by atoms with E-state index < -0.39 is 0 Å². The minimum Gasteiger partial charge on any atom is -0.147 e. The number of rotatable bonds is 18. The van der Waals surface area contributed by atoms with Gasteiger partial charge in [0.05, 0.1) is 0 Å². The molecule has 30 heavy (non-hydrogen) atoms. The summed E-state index contributed by atoms with van der Waals surface area (Å²) in [4.78, 5) is 0. The van der Waals surface area contributed by atoms with Crippen molar-refractivity contribution in [3.8, 4) is 0 Å². The average Bonchev–Trinajstić information content (AvgIpc) is 2.69. The smallest absolute Gasteiger partial charge is 0.00279 e. The monoisotopic (exact) mass is 540 g/mol. The summed E-state index contributed by atoms with van der Waals surface area (Å²) in [6, 6.07) is 4.52. The first-order valence-electron chi connectivity index (χ1n) is 13.2. The molecule has 0 amide bonds. The summed E-state index contributed by atoms with van der Waals surface area (Å²) in [5, 5.41) is 0. The van der Waals surface area contributed by atoms with Crippen molar-refractivity contribution in [2.45, 2.75) is 154 Å². The van der Waals surface area contributed by atoms with Gasteiger partial charge < -0.3 is 0 Å². The van der Waals surface area contributed by atoms with Gasteiger partial charge >= 0.3 is 0 Å². The number of hydrogen-bond donors (Lipinski definition) is 0. The van der Waals surface area contributed by atoms with Gasteiger partial charge in [-0.3, -0.25) is 0 Å². The van der Waals surface area contributed by atoms with Crippen molar-refractivity contribution < 1.29 is 0 Å². The summed E-state index contributed by atoms with van der Waals surface area (Å²) in [6.07, 6.45) is 26.3. The Bertz CT molecular complexity index is 161. The predicted octanol–water partition coefficient (Wildman–Crippen LogP) is 7.66. The molecule has 0 N–H and O–H groups in total. The molecule has 0 unspecified atom stereocenters. The van der Waals surface area contributed by atoms with E-state index in [9.17, 15) is 0 Å². The zero-order valence-electron chi connectivity index (χ0n) is 22.1. The molecule has 0 rings (SSSR count). The Balaban J connectivity index is -0.0000000686. The van der Waals surface area contributed by atoms with Gasteiger partial charge in [-0.15, -0.1) is 37.2 Å². The number of unbranched alkanes of at least 4 members (excludes halogenated alkanes) is 15. The van der Waals surface area contributed by atoms with Gasteiger partial charge in [-0.25, -0.2) is 0 Å². The highest BCUT2D eigenvalue weighted by atomic mass is 35.5. The van der Waals surface area contributed by atoms with E-state index in [2.05, 4.69) is 20.8 Å². The molecule has 0 atom stereocenters. The zero-order valence-corrected chi connectivity index (χ0v) is 30.5. The molecule has 0 saturated carbocycles. The highest BCUT2D eigenvalue weighted by Gasteiger charge is 1.87. The van der Waals surface area contributed by atoms with Crippen LogP contribution < -0.4 is 0 Å². The Labute approximate surface area is 221 Å². The standard InChI is InChI=1S/3C8H20Si.3ClH/c3*1-2-3-4-5-6-7-8-9;;;/h3*2-8H2,1,9H3;3*1H. The van der Waals surface area contributed by atoms with Crippen LogP contribution in [0.2, 0.25) is 18.1 Å². The second-order valence-electron chi connectivity index (χ2n) is 8.30. The summed E-state index contributed by atoms with van der Waals surface area (Å²) in [5.41, 5.74) is 0. The van der Waals surface area contributed by atoms with Gasteiger partial charge in [0.25, 0.3) is 0 Å². The van der Waals surface area contributed by atoms with Gasteiger partial charge in [0.1, 0.15) is 0 Å². The fraction of sp³-hybridized carbons (Fsp3) is 1.00. The van der Waals surface area contributed by atoms with Crippen molar-refractivity contribution in [2.24, 2.45) is 0 Å². The molecular formula is C24H63Cl3Si3. The number of hydrogen-bond acceptors (Lipinski definition) is 0. The first-order valence-corrected chi connectivity index (χ1v) is 17.5. The van der Waals surface area contributed by atoms with Crippen molar-refractivity contribution in [1.29, 1.82) is 0 Å². The van der Waals surface area contributed by atoms with E-state index in [1.165, 1.54) is 164 Å². The van der Waals surface area contributed by atoms with E-state index in [4.69, 9.17) is 0 Å². The summed E-state index contributed by atoms with van der Waals surface area (Å²) in [7, 11) is 4.22. The molecule has 0 aliphatic heterocycles. The lowest BCUT2D eigenvalue weighted by Gasteiger charge is -1.96. The topological polar surface area (TPSA) is 0 Å². The minimum absolute atomic E-state index is 0. The van der Waals surface area contributed by atoms with Crippen LogP contribution in [-0.2, 0) is 0 Å². The molecule has 0 aromatic carbocycles. The van der Waals surface area contributed by atoms with Crippen LogP contribution in [0.4, 0.5) is 0 Å². The largest absolute Gasteiger partial charge is 0.147 e. The quantitative estimate of drug-likeness (QED) is 0.123. The van der Waals surface area contributed by atoms with Crippen molar-refractivity contribution >= 4 is 67.9 Å². The minimum atomic E-state index is 0. The van der Waals surface area contributed by atoms with E-state index in [-0.39, 0.29) is 37.2 Å². The van der Waals surface area contributed by atoms with Crippen LogP contribution in [0.5, 0.6) is 0 Å². The van der Waals surface area contributed by atoms with E-state index in [1.807, 2.05) is 0 Å². The van der Waals surface area contributed by atoms with Crippen molar-refractivity contribution in [2.75, 3.05) is 0 Å². The van der Waals surface area contributed by atoms with Crippen LogP contribution in [0.3, 0.4) is 0 Å². The molecule has 0 aliphatic carbocycles. The summed E-state index contributed by atoms with van der Waals surface area (Å²) < 4.78 is 0. The molecule has 6 heteroatoms. The first-order chi connectivity index (χ1) is 13.2. The van der Waals surface area contributed by atoms with Gasteiger partial charge in [0.2, 0.25) is 0 Å². The average molecular weight is 542 g/mol. The SMILES string of the molecule is CCCCCCCC[SiH3].CCCCCCCC[SiH3].CCCCCCCC[SiH3].Cl.Cl.Cl. The molecule has 0 nitrogen and oxygen atoms in total. The molecular weight excluding hydrogens is 479 g/mol. The summed E-state index contributed by atoms with van der Waals surface area (Å²) in [6.45, 7) is 6.81. The number of halogens is 3. The van der Waals surface area contributed by atoms with Crippen LogP contribution in [0.25, 0.3) is 0 Å². The van der Waals surface area contributed by atoms with Crippen molar-refractivity contribution in [1.82, 2.24) is 0 Å². The fourth-order valence-electron chi connectivity index (χ4n) is 3.09. The maximum atomic E-state index is 2.27. The molecule has 0 aromatic heterocycles. The Hall–Kier alpha value is 1.52. The highest BCUT2D eigenvalue weighted by Crippen LogP contribution is 2.06. The second-order valence-corrected chi connectivity index (χ2v) is 11.3. The maximum Gasteiger partial charge on any atom is 0.00279 e. The summed E-state index contributed by atoms with van der Waals surface area (Å²) >= 11 is 0. The van der Waals surface area contributed by atoms with Gasteiger partial charge in [-0.1, -0.05) is 154 Å². The second kappa shape index (κ2) is 52.4. The van der Waals surface area contributed by atoms with Crippen molar-refractivity contribution in [3.63, 3.8) is 0 Å². The van der Waals surface area contributed by atoms with Crippen LogP contribution >= 0.6 is 37.2 Å². The lowest BCUT2D eigenvalue weighted by atomic mass is 10.1. The van der Waals surface area contributed by atoms with Gasteiger partial charge in [-0.05, 0) is 0 Å². The third-order valence-corrected chi connectivity index (χ3v) is 7.24. The third kappa shape index (κ3) is 63.0. The molecule has 0 aliphatic rings. The Morgan fingerprint density at radius 1 is 0.300 bits per heavy atom. The molecule has 0 bridgehead atoms. The third-order valence-electron chi connectivity index (χ3n) is 5.12. The Morgan fingerprint density at radius 2 is 0.467 bits per heavy atom. The molecule has 192 valence electrons. The Kier molecular flexibility index (Phi) is 78.8. The molecule has 0 heterocycles. The fourth-order valence-corrected chi connectivity index (χ4v) is 4.59. The summed E-state index contributed by atoms with van der Waals surface area (Å²) in [5.74, 6) is 0. The molecule has 0 radical (unpaired) electrons. The van der Waals surface area contributed by atoms with Crippen molar-refractivity contribution in [3.05, 3.63) is 0 Å². The van der Waals surface area contributed by atoms with Crippen LogP contribution in [0.1, 0.15) is 136 Å². The lowest BCUT2D eigenvalue weighted by Crippen LogP contribution is -1.77.